The minimum Gasteiger partial charge on any atom is -0.383 e. The van der Waals surface area contributed by atoms with Crippen LogP contribution < -0.4 is 5.32 Å². The van der Waals surface area contributed by atoms with Crippen molar-refractivity contribution in [2.24, 2.45) is 7.05 Å². The quantitative estimate of drug-likeness (QED) is 0.701. The first kappa shape index (κ1) is 21.6. The standard InChI is InChI=1S/C22H32N6O3/c1-25-19-6-5-17(21(29)27-8-3-4-9-27)15-18(19)24-20(25)16-26-10-12-28(13-11-26)22(30)23-7-14-31-2/h5-6,15H,3-4,7-14,16H2,1-2H3,(H,23,30). The zero-order valence-corrected chi connectivity index (χ0v) is 18.5. The first-order chi connectivity index (χ1) is 15.1. The van der Waals surface area contributed by atoms with Crippen LogP contribution in [0.25, 0.3) is 11.0 Å². The molecule has 0 unspecified atom stereocenters. The van der Waals surface area contributed by atoms with E-state index in [1.807, 2.05) is 35.0 Å². The second-order valence-corrected chi connectivity index (χ2v) is 8.28. The molecule has 0 saturated carbocycles. The normalized spacial score (nSPS) is 17.5. The lowest BCUT2D eigenvalue weighted by Gasteiger charge is -2.34. The van der Waals surface area contributed by atoms with Crippen molar-refractivity contribution in [3.8, 4) is 0 Å². The number of hydrogen-bond donors (Lipinski definition) is 1. The van der Waals surface area contributed by atoms with E-state index in [0.717, 1.165) is 62.4 Å². The molecule has 3 heterocycles. The van der Waals surface area contributed by atoms with E-state index >= 15 is 0 Å². The molecule has 9 heteroatoms. The predicted octanol–water partition coefficient (Wildman–Crippen LogP) is 1.28. The second kappa shape index (κ2) is 9.65. The maximum atomic E-state index is 12.7. The Balaban J connectivity index is 1.37. The minimum absolute atomic E-state index is 0.0328. The first-order valence-corrected chi connectivity index (χ1v) is 11.1. The molecule has 4 rings (SSSR count). The Kier molecular flexibility index (Phi) is 6.72. The number of methoxy groups -OCH3 is 1. The molecule has 3 amide bonds. The zero-order chi connectivity index (χ0) is 21.8. The number of benzene rings is 1. The third-order valence-corrected chi connectivity index (χ3v) is 6.22. The second-order valence-electron chi connectivity index (χ2n) is 8.28. The number of amides is 3. The Labute approximate surface area is 182 Å². The molecule has 1 N–H and O–H groups in total. The van der Waals surface area contributed by atoms with E-state index in [4.69, 9.17) is 9.72 Å². The average molecular weight is 429 g/mol. The van der Waals surface area contributed by atoms with Gasteiger partial charge in [-0.25, -0.2) is 9.78 Å². The van der Waals surface area contributed by atoms with Crippen molar-refractivity contribution < 1.29 is 14.3 Å². The highest BCUT2D eigenvalue weighted by molar-refractivity contribution is 5.97. The van der Waals surface area contributed by atoms with E-state index in [1.54, 1.807) is 7.11 Å². The summed E-state index contributed by atoms with van der Waals surface area (Å²) >= 11 is 0. The van der Waals surface area contributed by atoms with E-state index in [2.05, 4.69) is 14.8 Å². The van der Waals surface area contributed by atoms with Crippen molar-refractivity contribution in [3.05, 3.63) is 29.6 Å². The molecule has 2 saturated heterocycles. The minimum atomic E-state index is -0.0328. The molecule has 0 aliphatic carbocycles. The molecule has 2 aliphatic heterocycles. The van der Waals surface area contributed by atoms with Crippen LogP contribution in [0.2, 0.25) is 0 Å². The van der Waals surface area contributed by atoms with Crippen LogP contribution in [-0.2, 0) is 18.3 Å². The van der Waals surface area contributed by atoms with Crippen LogP contribution in [0.5, 0.6) is 0 Å². The zero-order valence-electron chi connectivity index (χ0n) is 18.5. The molecule has 2 aromatic rings. The summed E-state index contributed by atoms with van der Waals surface area (Å²) in [7, 11) is 3.64. The summed E-state index contributed by atoms with van der Waals surface area (Å²) in [5.74, 6) is 1.07. The summed E-state index contributed by atoms with van der Waals surface area (Å²) in [5.41, 5.74) is 2.61. The van der Waals surface area contributed by atoms with Gasteiger partial charge in [-0.1, -0.05) is 0 Å². The lowest BCUT2D eigenvalue weighted by molar-refractivity contribution is 0.0793. The van der Waals surface area contributed by atoms with Gasteiger partial charge in [0.15, 0.2) is 0 Å². The van der Waals surface area contributed by atoms with E-state index in [9.17, 15) is 9.59 Å². The maximum absolute atomic E-state index is 12.7. The fourth-order valence-corrected chi connectivity index (χ4v) is 4.31. The Bertz CT molecular complexity index is 929. The molecule has 31 heavy (non-hydrogen) atoms. The number of nitrogens with one attached hydrogen (secondary N) is 1. The lowest BCUT2D eigenvalue weighted by Crippen LogP contribution is -2.51. The van der Waals surface area contributed by atoms with Crippen molar-refractivity contribution in [2.45, 2.75) is 19.4 Å². The number of carbonyl (C=O) groups excluding carboxylic acids is 2. The molecule has 0 bridgehead atoms. The van der Waals surface area contributed by atoms with Gasteiger partial charge in [0.05, 0.1) is 24.2 Å². The highest BCUT2D eigenvalue weighted by atomic mass is 16.5. The molecule has 1 aromatic carbocycles. The van der Waals surface area contributed by atoms with Crippen LogP contribution in [0, 0.1) is 0 Å². The van der Waals surface area contributed by atoms with Gasteiger partial charge < -0.3 is 24.4 Å². The van der Waals surface area contributed by atoms with E-state index in [-0.39, 0.29) is 11.9 Å². The van der Waals surface area contributed by atoms with Crippen molar-refractivity contribution in [1.82, 2.24) is 29.6 Å². The highest BCUT2D eigenvalue weighted by Crippen LogP contribution is 2.21. The lowest BCUT2D eigenvalue weighted by atomic mass is 10.2. The highest BCUT2D eigenvalue weighted by Gasteiger charge is 2.23. The molecular formula is C22H32N6O3. The van der Waals surface area contributed by atoms with Crippen molar-refractivity contribution in [2.75, 3.05) is 59.5 Å². The van der Waals surface area contributed by atoms with Gasteiger partial charge in [-0.3, -0.25) is 9.69 Å². The smallest absolute Gasteiger partial charge is 0.317 e. The summed E-state index contributed by atoms with van der Waals surface area (Å²) in [6.07, 6.45) is 2.17. The summed E-state index contributed by atoms with van der Waals surface area (Å²) in [6.45, 7) is 6.45. The van der Waals surface area contributed by atoms with Gasteiger partial charge >= 0.3 is 6.03 Å². The molecule has 0 spiro atoms. The number of likely N-dealkylation sites (tertiary alicyclic amines) is 1. The van der Waals surface area contributed by atoms with Crippen LogP contribution in [0.15, 0.2) is 18.2 Å². The first-order valence-electron chi connectivity index (χ1n) is 11.1. The summed E-state index contributed by atoms with van der Waals surface area (Å²) < 4.78 is 7.07. The van der Waals surface area contributed by atoms with Crippen LogP contribution in [0.4, 0.5) is 4.79 Å². The molecule has 1 aromatic heterocycles. The van der Waals surface area contributed by atoms with Crippen LogP contribution in [-0.4, -0.2) is 95.7 Å². The number of nitrogens with zero attached hydrogens (tertiary/aromatic N) is 5. The average Bonchev–Trinajstić information content (AvgIpc) is 3.42. The molecule has 2 aliphatic rings. The number of fused-ring (bicyclic) bond motifs is 1. The maximum Gasteiger partial charge on any atom is 0.317 e. The van der Waals surface area contributed by atoms with Gasteiger partial charge in [-0.15, -0.1) is 0 Å². The van der Waals surface area contributed by atoms with Gasteiger partial charge in [-0.05, 0) is 31.0 Å². The van der Waals surface area contributed by atoms with Crippen molar-refractivity contribution in [3.63, 3.8) is 0 Å². The monoisotopic (exact) mass is 428 g/mol. The number of ether oxygens (including phenoxy) is 1. The Morgan fingerprint density at radius 3 is 2.52 bits per heavy atom. The number of carbonyl (C=O) groups is 2. The third-order valence-electron chi connectivity index (χ3n) is 6.22. The topological polar surface area (TPSA) is 82.9 Å². The fourth-order valence-electron chi connectivity index (χ4n) is 4.31. The Morgan fingerprint density at radius 1 is 1.06 bits per heavy atom. The number of aromatic nitrogens is 2. The van der Waals surface area contributed by atoms with E-state index < -0.39 is 0 Å². The number of piperazine rings is 1. The van der Waals surface area contributed by atoms with Crippen LogP contribution in [0.1, 0.15) is 29.0 Å². The number of hydrogen-bond acceptors (Lipinski definition) is 5. The van der Waals surface area contributed by atoms with E-state index in [1.165, 1.54) is 0 Å². The molecule has 168 valence electrons. The van der Waals surface area contributed by atoms with Gasteiger partial charge in [0, 0.05) is 65.5 Å². The van der Waals surface area contributed by atoms with Crippen molar-refractivity contribution >= 4 is 23.0 Å². The van der Waals surface area contributed by atoms with Gasteiger partial charge in [-0.2, -0.15) is 0 Å². The summed E-state index contributed by atoms with van der Waals surface area (Å²) in [6, 6.07) is 5.80. The van der Waals surface area contributed by atoms with Gasteiger partial charge in [0.1, 0.15) is 5.82 Å². The van der Waals surface area contributed by atoms with E-state index in [0.29, 0.717) is 31.8 Å². The predicted molar refractivity (Wildman–Crippen MR) is 118 cm³/mol. The number of urea groups is 1. The van der Waals surface area contributed by atoms with Crippen LogP contribution in [0.3, 0.4) is 0 Å². The number of rotatable bonds is 6. The Morgan fingerprint density at radius 2 is 1.81 bits per heavy atom. The molecule has 0 radical (unpaired) electrons. The number of imidazole rings is 1. The van der Waals surface area contributed by atoms with Gasteiger partial charge in [0.2, 0.25) is 0 Å². The Hall–Kier alpha value is -2.65. The molecular weight excluding hydrogens is 396 g/mol. The summed E-state index contributed by atoms with van der Waals surface area (Å²) in [5, 5.41) is 2.88. The molecule has 0 atom stereocenters. The fraction of sp³-hybridized carbons (Fsp3) is 0.591. The molecule has 2 fully saturated rings. The molecule has 9 nitrogen and oxygen atoms in total. The number of aryl methyl sites for hydroxylation is 1. The van der Waals surface area contributed by atoms with Gasteiger partial charge in [0.25, 0.3) is 5.91 Å². The third kappa shape index (κ3) is 4.83. The largest absolute Gasteiger partial charge is 0.383 e. The van der Waals surface area contributed by atoms with Crippen LogP contribution >= 0.6 is 0 Å². The summed E-state index contributed by atoms with van der Waals surface area (Å²) in [4.78, 5) is 35.8. The van der Waals surface area contributed by atoms with Crippen molar-refractivity contribution in [1.29, 1.82) is 0 Å². The SMILES string of the molecule is COCCNC(=O)N1CCN(Cc2nc3cc(C(=O)N4CCCC4)ccc3n2C)CC1.